The number of nitrogens with one attached hydrogen (secondary N) is 1. The Morgan fingerprint density at radius 3 is 2.67 bits per heavy atom. The molecule has 1 amide bonds. The Kier molecular flexibility index (Phi) is 6.87. The lowest BCUT2D eigenvalue weighted by Crippen LogP contribution is -2.41. The van der Waals surface area contributed by atoms with Crippen LogP contribution in [0.25, 0.3) is 0 Å². The molecule has 2 N–H and O–H groups in total. The van der Waals surface area contributed by atoms with Gasteiger partial charge in [-0.05, 0) is 33.1 Å². The van der Waals surface area contributed by atoms with Crippen LogP contribution in [0.3, 0.4) is 0 Å². The molecule has 0 bridgehead atoms. The minimum atomic E-state index is -1.03. The van der Waals surface area contributed by atoms with Crippen molar-refractivity contribution in [1.29, 1.82) is 0 Å². The fraction of sp³-hybridized carbons (Fsp3) is 0.643. The molecule has 118 valence electrons. The molecule has 0 spiro atoms. The van der Waals surface area contributed by atoms with Crippen LogP contribution in [0.15, 0.2) is 4.52 Å². The van der Waals surface area contributed by atoms with E-state index in [0.717, 1.165) is 11.3 Å². The van der Waals surface area contributed by atoms with E-state index in [1.807, 2.05) is 6.92 Å². The van der Waals surface area contributed by atoms with Gasteiger partial charge in [0.05, 0.1) is 5.69 Å². The molecule has 1 aromatic rings. The summed E-state index contributed by atoms with van der Waals surface area (Å²) in [6.45, 7) is 4.07. The van der Waals surface area contributed by atoms with E-state index >= 15 is 0 Å². The third-order valence-electron chi connectivity index (χ3n) is 3.26. The number of hydrogen-bond donors (Lipinski definition) is 2. The fourth-order valence-electron chi connectivity index (χ4n) is 2.05. The van der Waals surface area contributed by atoms with Crippen LogP contribution in [-0.4, -0.2) is 41.9 Å². The van der Waals surface area contributed by atoms with Crippen molar-refractivity contribution in [2.45, 2.75) is 45.6 Å². The fourth-order valence-corrected chi connectivity index (χ4v) is 2.05. The molecule has 21 heavy (non-hydrogen) atoms. The first-order chi connectivity index (χ1) is 9.95. The second-order valence-electron chi connectivity index (χ2n) is 4.90. The van der Waals surface area contributed by atoms with Crippen LogP contribution < -0.4 is 5.32 Å². The lowest BCUT2D eigenvalue weighted by Gasteiger charge is -2.14. The number of rotatable bonds is 9. The molecule has 0 saturated heterocycles. The zero-order chi connectivity index (χ0) is 15.8. The van der Waals surface area contributed by atoms with Crippen LogP contribution in [0.2, 0.25) is 0 Å². The number of aromatic nitrogens is 1. The van der Waals surface area contributed by atoms with Crippen molar-refractivity contribution in [1.82, 2.24) is 10.5 Å². The van der Waals surface area contributed by atoms with Gasteiger partial charge in [-0.25, -0.2) is 4.79 Å². The van der Waals surface area contributed by atoms with Gasteiger partial charge in [0.25, 0.3) is 0 Å². The van der Waals surface area contributed by atoms with Gasteiger partial charge in [-0.15, -0.1) is 0 Å². The maximum absolute atomic E-state index is 11.9. The number of carboxylic acid groups (broad SMARTS) is 1. The highest BCUT2D eigenvalue weighted by Crippen LogP contribution is 2.14. The van der Waals surface area contributed by atoms with Crippen LogP contribution in [0.5, 0.6) is 0 Å². The number of carbonyl (C=O) groups is 2. The number of amides is 1. The summed E-state index contributed by atoms with van der Waals surface area (Å²) in [7, 11) is 1.55. The number of nitrogens with zero attached hydrogens (tertiary/aromatic N) is 1. The zero-order valence-corrected chi connectivity index (χ0v) is 12.6. The van der Waals surface area contributed by atoms with Crippen molar-refractivity contribution in [3.63, 3.8) is 0 Å². The Labute approximate surface area is 123 Å². The smallest absolute Gasteiger partial charge is 0.326 e. The second-order valence-corrected chi connectivity index (χ2v) is 4.90. The number of ether oxygens (including phenoxy) is 1. The minimum absolute atomic E-state index is 0.205. The number of aliphatic carboxylic acids is 1. The Morgan fingerprint density at radius 1 is 1.43 bits per heavy atom. The van der Waals surface area contributed by atoms with Crippen LogP contribution in [0, 0.1) is 13.8 Å². The van der Waals surface area contributed by atoms with E-state index < -0.39 is 12.0 Å². The van der Waals surface area contributed by atoms with Gasteiger partial charge in [0.2, 0.25) is 5.91 Å². The van der Waals surface area contributed by atoms with E-state index in [0.29, 0.717) is 31.6 Å². The minimum Gasteiger partial charge on any atom is -0.480 e. The first-order valence-corrected chi connectivity index (χ1v) is 6.88. The molecule has 0 aliphatic heterocycles. The van der Waals surface area contributed by atoms with Crippen molar-refractivity contribution < 1.29 is 24.0 Å². The molecular weight excluding hydrogens is 276 g/mol. The standard InChI is InChI=1S/C14H22N2O5/c1-9-11(10(2)21-16-9)6-7-13(17)15-12(14(18)19)5-4-8-20-3/h12H,4-8H2,1-3H3,(H,15,17)(H,18,19). The number of methoxy groups -OCH3 is 1. The molecule has 7 heteroatoms. The predicted molar refractivity (Wildman–Crippen MR) is 75.0 cm³/mol. The van der Waals surface area contributed by atoms with Gasteiger partial charge >= 0.3 is 5.97 Å². The molecule has 1 rings (SSSR count). The summed E-state index contributed by atoms with van der Waals surface area (Å²) in [5, 5.41) is 15.4. The second kappa shape index (κ2) is 8.41. The summed E-state index contributed by atoms with van der Waals surface area (Å²) in [5.41, 5.74) is 1.66. The van der Waals surface area contributed by atoms with E-state index in [4.69, 9.17) is 14.4 Å². The summed E-state index contributed by atoms with van der Waals surface area (Å²) in [5.74, 6) is -0.633. The normalized spacial score (nSPS) is 12.1. The third kappa shape index (κ3) is 5.55. The third-order valence-corrected chi connectivity index (χ3v) is 3.26. The van der Waals surface area contributed by atoms with Gasteiger partial charge in [0, 0.05) is 25.7 Å². The average Bonchev–Trinajstić information content (AvgIpc) is 2.74. The topological polar surface area (TPSA) is 102 Å². The molecule has 0 radical (unpaired) electrons. The van der Waals surface area contributed by atoms with E-state index in [1.165, 1.54) is 0 Å². The van der Waals surface area contributed by atoms with Gasteiger partial charge in [-0.2, -0.15) is 0 Å². The van der Waals surface area contributed by atoms with Crippen molar-refractivity contribution in [3.05, 3.63) is 17.0 Å². The van der Waals surface area contributed by atoms with Crippen LogP contribution >= 0.6 is 0 Å². The first kappa shape index (κ1) is 17.2. The summed E-state index contributed by atoms with van der Waals surface area (Å²) < 4.78 is 9.90. The molecule has 0 saturated carbocycles. The summed E-state index contributed by atoms with van der Waals surface area (Å²) in [6.07, 6.45) is 1.62. The highest BCUT2D eigenvalue weighted by molar-refractivity contribution is 5.83. The molecule has 0 aliphatic rings. The Balaban J connectivity index is 2.45. The van der Waals surface area contributed by atoms with Gasteiger partial charge in [-0.3, -0.25) is 4.79 Å². The SMILES string of the molecule is COCCCC(NC(=O)CCc1c(C)noc1C)C(=O)O. The first-order valence-electron chi connectivity index (χ1n) is 6.88. The van der Waals surface area contributed by atoms with Crippen molar-refractivity contribution in [2.24, 2.45) is 0 Å². The van der Waals surface area contributed by atoms with E-state index in [2.05, 4.69) is 10.5 Å². The average molecular weight is 298 g/mol. The van der Waals surface area contributed by atoms with Gasteiger partial charge in [-0.1, -0.05) is 5.16 Å². The number of carbonyl (C=O) groups excluding carboxylic acids is 1. The monoisotopic (exact) mass is 298 g/mol. The van der Waals surface area contributed by atoms with Crippen LogP contribution in [0.1, 0.15) is 36.3 Å². The van der Waals surface area contributed by atoms with Gasteiger partial charge < -0.3 is 19.7 Å². The van der Waals surface area contributed by atoms with Crippen LogP contribution in [-0.2, 0) is 20.7 Å². The van der Waals surface area contributed by atoms with Gasteiger partial charge in [0.15, 0.2) is 0 Å². The van der Waals surface area contributed by atoms with Gasteiger partial charge in [0.1, 0.15) is 11.8 Å². The molecule has 0 aromatic carbocycles. The van der Waals surface area contributed by atoms with E-state index in [-0.39, 0.29) is 12.3 Å². The molecular formula is C14H22N2O5. The number of carboxylic acids is 1. The Hall–Kier alpha value is -1.89. The highest BCUT2D eigenvalue weighted by atomic mass is 16.5. The lowest BCUT2D eigenvalue weighted by molar-refractivity contribution is -0.142. The predicted octanol–water partition coefficient (Wildman–Crippen LogP) is 1.22. The summed E-state index contributed by atoms with van der Waals surface area (Å²) >= 11 is 0. The Bertz CT molecular complexity index is 464. The zero-order valence-electron chi connectivity index (χ0n) is 12.6. The molecule has 1 atom stereocenters. The molecule has 7 nitrogen and oxygen atoms in total. The molecule has 0 aliphatic carbocycles. The molecule has 1 heterocycles. The maximum atomic E-state index is 11.9. The van der Waals surface area contributed by atoms with E-state index in [1.54, 1.807) is 14.0 Å². The van der Waals surface area contributed by atoms with Crippen molar-refractivity contribution in [3.8, 4) is 0 Å². The van der Waals surface area contributed by atoms with E-state index in [9.17, 15) is 9.59 Å². The Morgan fingerprint density at radius 2 is 2.14 bits per heavy atom. The maximum Gasteiger partial charge on any atom is 0.326 e. The largest absolute Gasteiger partial charge is 0.480 e. The molecule has 1 unspecified atom stereocenters. The van der Waals surface area contributed by atoms with Crippen molar-refractivity contribution in [2.75, 3.05) is 13.7 Å². The highest BCUT2D eigenvalue weighted by Gasteiger charge is 2.20. The summed E-state index contributed by atoms with van der Waals surface area (Å²) in [4.78, 5) is 22.9. The molecule has 0 fully saturated rings. The summed E-state index contributed by atoms with van der Waals surface area (Å²) in [6, 6.07) is -0.877. The van der Waals surface area contributed by atoms with Crippen LogP contribution in [0.4, 0.5) is 0 Å². The number of hydrogen-bond acceptors (Lipinski definition) is 5. The lowest BCUT2D eigenvalue weighted by atomic mass is 10.1. The van der Waals surface area contributed by atoms with Crippen molar-refractivity contribution >= 4 is 11.9 Å². The quantitative estimate of drug-likeness (QED) is 0.665. The molecule has 1 aromatic heterocycles. The number of aryl methyl sites for hydroxylation is 2.